The van der Waals surface area contributed by atoms with Crippen molar-refractivity contribution in [3.8, 4) is 0 Å². The van der Waals surface area contributed by atoms with Gasteiger partial charge in [0.05, 0.1) is 10.7 Å². The van der Waals surface area contributed by atoms with Gasteiger partial charge in [-0.05, 0) is 24.3 Å². The highest BCUT2D eigenvalue weighted by Gasteiger charge is 2.17. The number of pyridine rings is 1. The second kappa shape index (κ2) is 5.32. The van der Waals surface area contributed by atoms with Crippen molar-refractivity contribution in [3.63, 3.8) is 0 Å². The first-order valence-electron chi connectivity index (χ1n) is 4.98. The number of benzene rings is 1. The van der Waals surface area contributed by atoms with E-state index in [2.05, 4.69) is 9.71 Å². The number of hydrogen-bond acceptors (Lipinski definition) is 3. The van der Waals surface area contributed by atoms with Gasteiger partial charge in [0, 0.05) is 6.20 Å². The summed E-state index contributed by atoms with van der Waals surface area (Å²) in [6.07, 6.45) is 1.08. The molecule has 2 rings (SSSR count). The Hall–Kier alpha value is -1.37. The van der Waals surface area contributed by atoms with E-state index in [1.165, 1.54) is 30.3 Å². The quantitative estimate of drug-likeness (QED) is 0.882. The Bertz CT molecular complexity index is 705. The minimum Gasteiger partial charge on any atom is -0.277 e. The van der Waals surface area contributed by atoms with Crippen LogP contribution in [-0.2, 0) is 10.0 Å². The van der Waals surface area contributed by atoms with Gasteiger partial charge in [0.1, 0.15) is 10.0 Å². The minimum atomic E-state index is -3.94. The third-order valence-electron chi connectivity index (χ3n) is 2.21. The van der Waals surface area contributed by atoms with Crippen molar-refractivity contribution in [2.75, 3.05) is 4.72 Å². The second-order valence-electron chi connectivity index (χ2n) is 3.52. The average Bonchev–Trinajstić information content (AvgIpc) is 2.35. The number of anilines is 1. The number of nitrogens with one attached hydrogen (secondary N) is 1. The molecule has 0 saturated heterocycles. The average molecular weight is 321 g/mol. The molecular weight excluding hydrogens is 314 g/mol. The minimum absolute atomic E-state index is 0.128. The van der Waals surface area contributed by atoms with Crippen molar-refractivity contribution in [2.24, 2.45) is 0 Å². The first-order valence-corrected chi connectivity index (χ1v) is 7.22. The van der Waals surface area contributed by atoms with Gasteiger partial charge >= 0.3 is 0 Å². The summed E-state index contributed by atoms with van der Waals surface area (Å²) in [7, 11) is -3.94. The summed E-state index contributed by atoms with van der Waals surface area (Å²) in [5, 5.41) is -0.0117. The monoisotopic (exact) mass is 320 g/mol. The number of sulfonamides is 1. The standard InChI is InChI=1S/C11H7Cl2FN2O2S/c12-8-2-1-3-9(11(8)14)16-19(17,18)7-4-5-10(13)15-6-7/h1-6,16H. The zero-order valence-electron chi connectivity index (χ0n) is 9.27. The molecule has 100 valence electrons. The van der Waals surface area contributed by atoms with Crippen LogP contribution in [0.5, 0.6) is 0 Å². The molecule has 0 fully saturated rings. The zero-order chi connectivity index (χ0) is 14.0. The molecule has 0 atom stereocenters. The van der Waals surface area contributed by atoms with Gasteiger partial charge in [-0.15, -0.1) is 0 Å². The highest BCUT2D eigenvalue weighted by molar-refractivity contribution is 7.92. The molecule has 1 aromatic heterocycles. The molecule has 4 nitrogen and oxygen atoms in total. The molecule has 1 heterocycles. The Kier molecular flexibility index (Phi) is 3.93. The second-order valence-corrected chi connectivity index (χ2v) is 6.00. The van der Waals surface area contributed by atoms with E-state index in [1.807, 2.05) is 0 Å². The van der Waals surface area contributed by atoms with E-state index in [1.54, 1.807) is 0 Å². The molecule has 0 bridgehead atoms. The van der Waals surface area contributed by atoms with E-state index in [-0.39, 0.29) is 20.8 Å². The van der Waals surface area contributed by atoms with Crippen LogP contribution in [0.4, 0.5) is 10.1 Å². The topological polar surface area (TPSA) is 59.1 Å². The molecule has 0 saturated carbocycles. The van der Waals surface area contributed by atoms with Crippen LogP contribution in [0, 0.1) is 5.82 Å². The summed E-state index contributed by atoms with van der Waals surface area (Å²) in [4.78, 5) is 3.53. The zero-order valence-corrected chi connectivity index (χ0v) is 11.6. The Morgan fingerprint density at radius 2 is 1.89 bits per heavy atom. The lowest BCUT2D eigenvalue weighted by molar-refractivity contribution is 0.598. The molecule has 0 spiro atoms. The Morgan fingerprint density at radius 3 is 2.53 bits per heavy atom. The lowest BCUT2D eigenvalue weighted by Crippen LogP contribution is -2.14. The van der Waals surface area contributed by atoms with Gasteiger partial charge in [0.15, 0.2) is 5.82 Å². The summed E-state index contributed by atoms with van der Waals surface area (Å²) in [5.41, 5.74) is -0.234. The number of hydrogen-bond donors (Lipinski definition) is 1. The molecular formula is C11H7Cl2FN2O2S. The van der Waals surface area contributed by atoms with Crippen molar-refractivity contribution in [3.05, 3.63) is 52.5 Å². The fourth-order valence-electron chi connectivity index (χ4n) is 1.31. The normalized spacial score (nSPS) is 11.3. The third kappa shape index (κ3) is 3.15. The molecule has 1 aromatic carbocycles. The maximum Gasteiger partial charge on any atom is 0.263 e. The van der Waals surface area contributed by atoms with Gasteiger partial charge in [-0.1, -0.05) is 29.3 Å². The van der Waals surface area contributed by atoms with Crippen LogP contribution in [0.3, 0.4) is 0 Å². The first-order chi connectivity index (χ1) is 8.90. The van der Waals surface area contributed by atoms with Gasteiger partial charge in [-0.2, -0.15) is 0 Å². The fourth-order valence-corrected chi connectivity index (χ4v) is 2.60. The van der Waals surface area contributed by atoms with Crippen LogP contribution in [0.15, 0.2) is 41.4 Å². The number of aromatic nitrogens is 1. The summed E-state index contributed by atoms with van der Waals surface area (Å²) in [6, 6.07) is 6.61. The fraction of sp³-hybridized carbons (Fsp3) is 0. The van der Waals surface area contributed by atoms with Crippen LogP contribution in [-0.4, -0.2) is 13.4 Å². The van der Waals surface area contributed by atoms with Gasteiger partial charge in [-0.3, -0.25) is 4.72 Å². The summed E-state index contributed by atoms with van der Waals surface area (Å²) in [6.45, 7) is 0. The van der Waals surface area contributed by atoms with E-state index >= 15 is 0 Å². The van der Waals surface area contributed by atoms with Crippen LogP contribution in [0.2, 0.25) is 10.2 Å². The smallest absolute Gasteiger partial charge is 0.263 e. The highest BCUT2D eigenvalue weighted by atomic mass is 35.5. The molecule has 0 aliphatic carbocycles. The van der Waals surface area contributed by atoms with E-state index in [9.17, 15) is 12.8 Å². The van der Waals surface area contributed by atoms with Crippen molar-refractivity contribution in [2.45, 2.75) is 4.90 Å². The van der Waals surface area contributed by atoms with Crippen molar-refractivity contribution in [1.82, 2.24) is 4.98 Å². The molecule has 0 amide bonds. The molecule has 8 heteroatoms. The van der Waals surface area contributed by atoms with Gasteiger partial charge in [-0.25, -0.2) is 17.8 Å². The molecule has 0 radical (unpaired) electrons. The van der Waals surface area contributed by atoms with Crippen LogP contribution in [0.1, 0.15) is 0 Å². The highest BCUT2D eigenvalue weighted by Crippen LogP contribution is 2.24. The van der Waals surface area contributed by atoms with Crippen molar-refractivity contribution >= 4 is 38.9 Å². The molecule has 19 heavy (non-hydrogen) atoms. The Labute approximate surface area is 119 Å². The molecule has 1 N–H and O–H groups in total. The molecule has 0 unspecified atom stereocenters. The largest absolute Gasteiger partial charge is 0.277 e. The summed E-state index contributed by atoms with van der Waals surface area (Å²) in [5.74, 6) is -0.838. The van der Waals surface area contributed by atoms with Crippen molar-refractivity contribution < 1.29 is 12.8 Å². The van der Waals surface area contributed by atoms with Gasteiger partial charge in [0.2, 0.25) is 0 Å². The lowest BCUT2D eigenvalue weighted by Gasteiger charge is -2.09. The van der Waals surface area contributed by atoms with E-state index in [0.29, 0.717) is 0 Å². The molecule has 0 aliphatic heterocycles. The SMILES string of the molecule is O=S(=O)(Nc1cccc(Cl)c1F)c1ccc(Cl)nc1. The Balaban J connectivity index is 2.36. The van der Waals surface area contributed by atoms with Crippen LogP contribution >= 0.6 is 23.2 Å². The number of nitrogens with zero attached hydrogens (tertiary/aromatic N) is 1. The van der Waals surface area contributed by atoms with E-state index < -0.39 is 15.8 Å². The van der Waals surface area contributed by atoms with Crippen LogP contribution in [0.25, 0.3) is 0 Å². The molecule has 2 aromatic rings. The van der Waals surface area contributed by atoms with Gasteiger partial charge < -0.3 is 0 Å². The maximum absolute atomic E-state index is 13.6. The van der Waals surface area contributed by atoms with Crippen LogP contribution < -0.4 is 4.72 Å². The van der Waals surface area contributed by atoms with E-state index in [0.717, 1.165) is 6.20 Å². The van der Waals surface area contributed by atoms with Gasteiger partial charge in [0.25, 0.3) is 10.0 Å². The Morgan fingerprint density at radius 1 is 1.16 bits per heavy atom. The lowest BCUT2D eigenvalue weighted by atomic mass is 10.3. The number of rotatable bonds is 3. The summed E-state index contributed by atoms with van der Waals surface area (Å²) >= 11 is 11.1. The van der Waals surface area contributed by atoms with E-state index in [4.69, 9.17) is 23.2 Å². The maximum atomic E-state index is 13.6. The third-order valence-corrected chi connectivity index (χ3v) is 4.07. The predicted octanol–water partition coefficient (Wildman–Crippen LogP) is 3.33. The predicted molar refractivity (Wildman–Crippen MR) is 71.5 cm³/mol. The van der Waals surface area contributed by atoms with Crippen molar-refractivity contribution in [1.29, 1.82) is 0 Å². The summed E-state index contributed by atoms with van der Waals surface area (Å²) < 4.78 is 39.7. The number of halogens is 3. The first kappa shape index (κ1) is 14.0. The molecule has 0 aliphatic rings.